The van der Waals surface area contributed by atoms with Crippen LogP contribution < -0.4 is 5.32 Å². The smallest absolute Gasteiger partial charge is 0.272 e. The molecule has 1 fully saturated rings. The number of nitrogens with zero attached hydrogens (tertiary/aromatic N) is 2. The first kappa shape index (κ1) is 13.8. The van der Waals surface area contributed by atoms with E-state index in [-0.39, 0.29) is 5.91 Å². The van der Waals surface area contributed by atoms with Crippen LogP contribution in [0.5, 0.6) is 0 Å². The molecule has 1 saturated heterocycles. The minimum absolute atomic E-state index is 0.0233. The number of amides is 1. The number of hydrogen-bond acceptors (Lipinski definition) is 3. The maximum Gasteiger partial charge on any atom is 0.272 e. The van der Waals surface area contributed by atoms with Gasteiger partial charge in [0.25, 0.3) is 5.91 Å². The molecular formula is C17H19N3O. The van der Waals surface area contributed by atoms with Crippen LogP contribution in [0.3, 0.4) is 0 Å². The van der Waals surface area contributed by atoms with Crippen molar-refractivity contribution < 1.29 is 4.79 Å². The summed E-state index contributed by atoms with van der Waals surface area (Å²) < 4.78 is 0. The molecule has 0 aliphatic carbocycles. The lowest BCUT2D eigenvalue weighted by molar-refractivity contribution is 0.0697. The summed E-state index contributed by atoms with van der Waals surface area (Å²) in [5, 5.41) is 3.49. The summed E-state index contributed by atoms with van der Waals surface area (Å²) in [5.41, 5.74) is 1.82. The van der Waals surface area contributed by atoms with Crippen LogP contribution in [0.4, 0.5) is 0 Å². The molecule has 1 aliphatic rings. The van der Waals surface area contributed by atoms with Gasteiger partial charge in [0.05, 0.1) is 0 Å². The Morgan fingerprint density at radius 1 is 1.19 bits per heavy atom. The van der Waals surface area contributed by atoms with Crippen molar-refractivity contribution in [1.29, 1.82) is 0 Å². The minimum Gasteiger partial charge on any atom is -0.334 e. The number of pyridine rings is 1. The van der Waals surface area contributed by atoms with Gasteiger partial charge in [0.2, 0.25) is 0 Å². The normalized spacial score (nSPS) is 18.5. The summed E-state index contributed by atoms with van der Waals surface area (Å²) in [6.07, 6.45) is 2.60. The van der Waals surface area contributed by atoms with Crippen molar-refractivity contribution in [3.63, 3.8) is 0 Å². The zero-order valence-electron chi connectivity index (χ0n) is 11.9. The lowest BCUT2D eigenvalue weighted by Gasteiger charge is -2.33. The van der Waals surface area contributed by atoms with Gasteiger partial charge < -0.3 is 10.2 Å². The van der Waals surface area contributed by atoms with Crippen LogP contribution in [0, 0.1) is 0 Å². The third-order valence-corrected chi connectivity index (χ3v) is 3.75. The summed E-state index contributed by atoms with van der Waals surface area (Å²) in [6, 6.07) is 16.1. The van der Waals surface area contributed by atoms with Gasteiger partial charge in [-0.2, -0.15) is 0 Å². The van der Waals surface area contributed by atoms with E-state index in [2.05, 4.69) is 34.6 Å². The van der Waals surface area contributed by atoms with Crippen LogP contribution in [-0.2, 0) is 6.42 Å². The Kier molecular flexibility index (Phi) is 4.26. The number of rotatable bonds is 3. The molecule has 0 spiro atoms. The van der Waals surface area contributed by atoms with Gasteiger partial charge in [-0.05, 0) is 24.1 Å². The fraction of sp³-hybridized carbons (Fsp3) is 0.294. The Bertz CT molecular complexity index is 585. The second kappa shape index (κ2) is 6.50. The third kappa shape index (κ3) is 3.47. The first-order chi connectivity index (χ1) is 10.3. The Labute approximate surface area is 124 Å². The maximum absolute atomic E-state index is 12.4. The predicted octanol–water partition coefficient (Wildman–Crippen LogP) is 1.74. The average Bonchev–Trinajstić information content (AvgIpc) is 2.56. The van der Waals surface area contributed by atoms with Gasteiger partial charge in [-0.25, -0.2) is 0 Å². The van der Waals surface area contributed by atoms with Crippen molar-refractivity contribution in [3.05, 3.63) is 66.0 Å². The highest BCUT2D eigenvalue weighted by molar-refractivity contribution is 5.92. The zero-order valence-corrected chi connectivity index (χ0v) is 11.9. The van der Waals surface area contributed by atoms with Gasteiger partial charge >= 0.3 is 0 Å². The number of piperazine rings is 1. The minimum atomic E-state index is 0.0233. The van der Waals surface area contributed by atoms with E-state index in [1.165, 1.54) is 5.56 Å². The maximum atomic E-state index is 12.4. The highest BCUT2D eigenvalue weighted by Gasteiger charge is 2.24. The van der Waals surface area contributed by atoms with Crippen LogP contribution >= 0.6 is 0 Å². The fourth-order valence-electron chi connectivity index (χ4n) is 2.70. The van der Waals surface area contributed by atoms with Crippen LogP contribution in [0.2, 0.25) is 0 Å². The van der Waals surface area contributed by atoms with Crippen molar-refractivity contribution in [2.45, 2.75) is 12.5 Å². The van der Waals surface area contributed by atoms with Gasteiger partial charge in [-0.1, -0.05) is 36.4 Å². The van der Waals surface area contributed by atoms with E-state index in [0.29, 0.717) is 11.7 Å². The predicted molar refractivity (Wildman–Crippen MR) is 82.1 cm³/mol. The molecule has 0 saturated carbocycles. The van der Waals surface area contributed by atoms with Gasteiger partial charge in [0.15, 0.2) is 0 Å². The van der Waals surface area contributed by atoms with E-state index in [1.807, 2.05) is 23.1 Å². The van der Waals surface area contributed by atoms with E-state index >= 15 is 0 Å². The molecule has 108 valence electrons. The molecule has 1 aromatic heterocycles. The number of carbonyl (C=O) groups excluding carboxylic acids is 1. The van der Waals surface area contributed by atoms with Crippen molar-refractivity contribution >= 4 is 5.91 Å². The van der Waals surface area contributed by atoms with Crippen molar-refractivity contribution in [3.8, 4) is 0 Å². The summed E-state index contributed by atoms with van der Waals surface area (Å²) in [4.78, 5) is 18.5. The first-order valence-electron chi connectivity index (χ1n) is 7.30. The zero-order chi connectivity index (χ0) is 14.5. The molecular weight excluding hydrogens is 262 g/mol. The second-order valence-corrected chi connectivity index (χ2v) is 5.31. The van der Waals surface area contributed by atoms with Gasteiger partial charge in [-0.15, -0.1) is 0 Å². The monoisotopic (exact) mass is 281 g/mol. The van der Waals surface area contributed by atoms with Crippen molar-refractivity contribution in [2.24, 2.45) is 0 Å². The van der Waals surface area contributed by atoms with Crippen molar-refractivity contribution in [2.75, 3.05) is 19.6 Å². The highest BCUT2D eigenvalue weighted by Crippen LogP contribution is 2.10. The Morgan fingerprint density at radius 2 is 2.00 bits per heavy atom. The molecule has 1 aromatic carbocycles. The Hall–Kier alpha value is -2.20. The number of aromatic nitrogens is 1. The fourth-order valence-corrected chi connectivity index (χ4v) is 2.70. The van der Waals surface area contributed by atoms with Crippen LogP contribution in [0.1, 0.15) is 16.1 Å². The molecule has 4 heteroatoms. The molecule has 2 heterocycles. The highest BCUT2D eigenvalue weighted by atomic mass is 16.2. The topological polar surface area (TPSA) is 45.2 Å². The molecule has 1 atom stereocenters. The van der Waals surface area contributed by atoms with Crippen LogP contribution in [-0.4, -0.2) is 41.5 Å². The van der Waals surface area contributed by atoms with Crippen molar-refractivity contribution in [1.82, 2.24) is 15.2 Å². The Balaban J connectivity index is 1.64. The van der Waals surface area contributed by atoms with Crippen LogP contribution in [0.15, 0.2) is 54.7 Å². The molecule has 3 rings (SSSR count). The molecule has 4 nitrogen and oxygen atoms in total. The first-order valence-corrected chi connectivity index (χ1v) is 7.30. The largest absolute Gasteiger partial charge is 0.334 e. The molecule has 0 bridgehead atoms. The lowest BCUT2D eigenvalue weighted by atomic mass is 10.0. The van der Waals surface area contributed by atoms with E-state index in [4.69, 9.17) is 0 Å². The van der Waals surface area contributed by atoms with E-state index in [1.54, 1.807) is 12.3 Å². The molecule has 0 radical (unpaired) electrons. The number of nitrogens with one attached hydrogen (secondary N) is 1. The molecule has 1 unspecified atom stereocenters. The van der Waals surface area contributed by atoms with Crippen LogP contribution in [0.25, 0.3) is 0 Å². The quantitative estimate of drug-likeness (QED) is 0.932. The number of carbonyl (C=O) groups is 1. The molecule has 1 amide bonds. The summed E-state index contributed by atoms with van der Waals surface area (Å²) in [6.45, 7) is 2.29. The lowest BCUT2D eigenvalue weighted by Crippen LogP contribution is -2.53. The molecule has 21 heavy (non-hydrogen) atoms. The number of hydrogen-bond donors (Lipinski definition) is 1. The van der Waals surface area contributed by atoms with E-state index in [9.17, 15) is 4.79 Å². The number of benzene rings is 1. The second-order valence-electron chi connectivity index (χ2n) is 5.31. The Morgan fingerprint density at radius 3 is 2.76 bits per heavy atom. The van der Waals surface area contributed by atoms with Gasteiger partial charge in [-0.3, -0.25) is 9.78 Å². The summed E-state index contributed by atoms with van der Waals surface area (Å²) >= 11 is 0. The summed E-state index contributed by atoms with van der Waals surface area (Å²) in [7, 11) is 0. The SMILES string of the molecule is O=C(c1ccccn1)N1CCNC(Cc2ccccc2)C1. The van der Waals surface area contributed by atoms with Gasteiger partial charge in [0.1, 0.15) is 5.69 Å². The van der Waals surface area contributed by atoms with Gasteiger partial charge in [0, 0.05) is 31.9 Å². The van der Waals surface area contributed by atoms with E-state index < -0.39 is 0 Å². The third-order valence-electron chi connectivity index (χ3n) is 3.75. The summed E-state index contributed by atoms with van der Waals surface area (Å²) in [5.74, 6) is 0.0233. The molecule has 1 N–H and O–H groups in total. The van der Waals surface area contributed by atoms with E-state index in [0.717, 1.165) is 26.1 Å². The molecule has 2 aromatic rings. The average molecular weight is 281 g/mol. The molecule has 1 aliphatic heterocycles. The standard InChI is InChI=1S/C17H19N3O/c21-17(16-8-4-5-9-19-16)20-11-10-18-15(13-20)12-14-6-2-1-3-7-14/h1-9,15,18H,10-13H2.